The van der Waals surface area contributed by atoms with Crippen molar-refractivity contribution in [3.8, 4) is 0 Å². The Bertz CT molecular complexity index is 305. The highest BCUT2D eigenvalue weighted by atomic mass is 16.3. The van der Waals surface area contributed by atoms with Gasteiger partial charge in [0.2, 0.25) is 0 Å². The lowest BCUT2D eigenvalue weighted by Gasteiger charge is -2.10. The van der Waals surface area contributed by atoms with E-state index in [0.29, 0.717) is 19.3 Å². The van der Waals surface area contributed by atoms with Crippen LogP contribution < -0.4 is 5.73 Å². The lowest BCUT2D eigenvalue weighted by atomic mass is 9.97. The molecule has 0 aliphatic heterocycles. The number of rotatable bonds is 1. The standard InChI is InChI=1S/C8H10N2O3/c9-8(13)10-4-5-6(11)2-1-3-7(5)12/h4,11H,1-3H2,(H2,9,13). The summed E-state index contributed by atoms with van der Waals surface area (Å²) in [6, 6.07) is -0.876. The zero-order valence-electron chi connectivity index (χ0n) is 6.99. The van der Waals surface area contributed by atoms with Crippen LogP contribution in [0.2, 0.25) is 0 Å². The van der Waals surface area contributed by atoms with Crippen LogP contribution in [0, 0.1) is 0 Å². The molecule has 1 aliphatic carbocycles. The van der Waals surface area contributed by atoms with Gasteiger partial charge >= 0.3 is 6.03 Å². The number of aliphatic hydroxyl groups excluding tert-OH is 1. The molecule has 0 fully saturated rings. The Kier molecular flexibility index (Phi) is 2.79. The molecule has 0 radical (unpaired) electrons. The molecule has 2 amide bonds. The molecular weight excluding hydrogens is 172 g/mol. The van der Waals surface area contributed by atoms with Gasteiger partial charge in [0.25, 0.3) is 0 Å². The second-order valence-corrected chi connectivity index (χ2v) is 2.73. The average molecular weight is 182 g/mol. The Hall–Kier alpha value is -1.65. The number of urea groups is 1. The van der Waals surface area contributed by atoms with Gasteiger partial charge in [0, 0.05) is 19.1 Å². The molecule has 0 spiro atoms. The van der Waals surface area contributed by atoms with Gasteiger partial charge in [-0.2, -0.15) is 0 Å². The van der Waals surface area contributed by atoms with Crippen molar-refractivity contribution in [1.82, 2.24) is 0 Å². The summed E-state index contributed by atoms with van der Waals surface area (Å²) in [4.78, 5) is 24.6. The second kappa shape index (κ2) is 3.84. The van der Waals surface area contributed by atoms with Crippen LogP contribution >= 0.6 is 0 Å². The van der Waals surface area contributed by atoms with E-state index in [1.807, 2.05) is 0 Å². The molecule has 0 unspecified atom stereocenters. The first-order chi connectivity index (χ1) is 6.11. The van der Waals surface area contributed by atoms with Gasteiger partial charge in [-0.25, -0.2) is 9.79 Å². The highest BCUT2D eigenvalue weighted by molar-refractivity contribution is 6.15. The van der Waals surface area contributed by atoms with Crippen molar-refractivity contribution in [3.05, 3.63) is 11.3 Å². The first-order valence-electron chi connectivity index (χ1n) is 3.90. The van der Waals surface area contributed by atoms with Crippen LogP contribution in [-0.4, -0.2) is 23.1 Å². The lowest BCUT2D eigenvalue weighted by molar-refractivity contribution is -0.115. The normalized spacial score (nSPS) is 18.3. The van der Waals surface area contributed by atoms with E-state index in [4.69, 9.17) is 5.73 Å². The van der Waals surface area contributed by atoms with Crippen LogP contribution in [0.25, 0.3) is 0 Å². The second-order valence-electron chi connectivity index (χ2n) is 2.73. The largest absolute Gasteiger partial charge is 0.512 e. The Balaban J connectivity index is 2.86. The first-order valence-corrected chi connectivity index (χ1v) is 3.90. The number of carbonyl (C=O) groups excluding carboxylic acids is 2. The first kappa shape index (κ1) is 9.44. The minimum absolute atomic E-state index is 0.0127. The topological polar surface area (TPSA) is 92.8 Å². The average Bonchev–Trinajstić information content (AvgIpc) is 2.03. The maximum absolute atomic E-state index is 11.2. The molecular formula is C8H10N2O3. The smallest absolute Gasteiger partial charge is 0.338 e. The molecule has 0 aromatic carbocycles. The van der Waals surface area contributed by atoms with Crippen LogP contribution in [0.4, 0.5) is 4.79 Å². The molecule has 1 rings (SSSR count). The minimum atomic E-state index is -0.876. The number of aliphatic imine (C=N–C) groups is 1. The number of nitrogens with zero attached hydrogens (tertiary/aromatic N) is 1. The van der Waals surface area contributed by atoms with Gasteiger partial charge in [0.15, 0.2) is 5.78 Å². The summed E-state index contributed by atoms with van der Waals surface area (Å²) in [6.45, 7) is 0. The number of amides is 2. The number of carbonyl (C=O) groups is 2. The number of hydrogen-bond donors (Lipinski definition) is 2. The third-order valence-corrected chi connectivity index (χ3v) is 1.75. The fraction of sp³-hybridized carbons (Fsp3) is 0.375. The van der Waals surface area contributed by atoms with Gasteiger partial charge < -0.3 is 10.8 Å². The third-order valence-electron chi connectivity index (χ3n) is 1.75. The van der Waals surface area contributed by atoms with E-state index in [0.717, 1.165) is 6.21 Å². The fourth-order valence-corrected chi connectivity index (χ4v) is 1.12. The number of Topliss-reactive ketones (excluding diaryl/α,β-unsaturated/α-hetero) is 1. The Morgan fingerprint density at radius 2 is 2.23 bits per heavy atom. The van der Waals surface area contributed by atoms with Crippen molar-refractivity contribution in [2.24, 2.45) is 10.7 Å². The number of allylic oxidation sites excluding steroid dienone is 2. The zero-order chi connectivity index (χ0) is 9.84. The van der Waals surface area contributed by atoms with Crippen LogP contribution in [0.5, 0.6) is 0 Å². The summed E-state index contributed by atoms with van der Waals surface area (Å²) in [5.74, 6) is -0.213. The monoisotopic (exact) mass is 182 g/mol. The van der Waals surface area contributed by atoms with Crippen LogP contribution in [0.3, 0.4) is 0 Å². The maximum Gasteiger partial charge on any atom is 0.338 e. The van der Waals surface area contributed by atoms with E-state index >= 15 is 0 Å². The summed E-state index contributed by atoms with van der Waals surface area (Å²) in [7, 11) is 0. The van der Waals surface area contributed by atoms with E-state index in [9.17, 15) is 14.7 Å². The highest BCUT2D eigenvalue weighted by Crippen LogP contribution is 2.18. The van der Waals surface area contributed by atoms with Gasteiger partial charge in [0.05, 0.1) is 5.57 Å². The molecule has 0 bridgehead atoms. The molecule has 0 saturated carbocycles. The number of primary amides is 1. The maximum atomic E-state index is 11.2. The number of aliphatic hydroxyl groups is 1. The van der Waals surface area contributed by atoms with Crippen molar-refractivity contribution in [2.45, 2.75) is 19.3 Å². The number of ketones is 1. The van der Waals surface area contributed by atoms with Gasteiger partial charge in [-0.05, 0) is 6.42 Å². The zero-order valence-corrected chi connectivity index (χ0v) is 6.99. The predicted octanol–water partition coefficient (Wildman–Crippen LogP) is 0.701. The van der Waals surface area contributed by atoms with Crippen molar-refractivity contribution < 1.29 is 14.7 Å². The van der Waals surface area contributed by atoms with E-state index in [2.05, 4.69) is 4.99 Å². The number of nitrogens with two attached hydrogens (primary N) is 1. The van der Waals surface area contributed by atoms with Crippen LogP contribution in [0.15, 0.2) is 16.3 Å². The summed E-state index contributed by atoms with van der Waals surface area (Å²) in [5.41, 5.74) is 4.85. The molecule has 70 valence electrons. The van der Waals surface area contributed by atoms with E-state index in [-0.39, 0.29) is 17.1 Å². The summed E-state index contributed by atoms with van der Waals surface area (Å²) in [6.07, 6.45) is 2.49. The SMILES string of the molecule is NC(=O)N=CC1=C(O)CCCC1=O. The minimum Gasteiger partial charge on any atom is -0.512 e. The molecule has 0 saturated heterocycles. The van der Waals surface area contributed by atoms with E-state index in [1.54, 1.807) is 0 Å². The predicted molar refractivity (Wildman–Crippen MR) is 46.6 cm³/mol. The fourth-order valence-electron chi connectivity index (χ4n) is 1.12. The van der Waals surface area contributed by atoms with Crippen LogP contribution in [-0.2, 0) is 4.79 Å². The number of hydrogen-bond acceptors (Lipinski definition) is 3. The molecule has 0 aromatic rings. The summed E-state index contributed by atoms with van der Waals surface area (Å²) < 4.78 is 0. The Morgan fingerprint density at radius 3 is 2.77 bits per heavy atom. The quantitative estimate of drug-likeness (QED) is 0.584. The van der Waals surface area contributed by atoms with Gasteiger partial charge in [-0.15, -0.1) is 0 Å². The molecule has 13 heavy (non-hydrogen) atoms. The highest BCUT2D eigenvalue weighted by Gasteiger charge is 2.18. The molecule has 3 N–H and O–H groups in total. The molecule has 0 atom stereocenters. The molecule has 0 aromatic heterocycles. The molecule has 1 aliphatic rings. The molecule has 5 nitrogen and oxygen atoms in total. The third kappa shape index (κ3) is 2.40. The van der Waals surface area contributed by atoms with Crippen molar-refractivity contribution >= 4 is 18.0 Å². The van der Waals surface area contributed by atoms with E-state index < -0.39 is 6.03 Å². The van der Waals surface area contributed by atoms with Crippen molar-refractivity contribution in [3.63, 3.8) is 0 Å². The van der Waals surface area contributed by atoms with Crippen LogP contribution in [0.1, 0.15) is 19.3 Å². The van der Waals surface area contributed by atoms with Crippen molar-refractivity contribution in [1.29, 1.82) is 0 Å². The van der Waals surface area contributed by atoms with Crippen molar-refractivity contribution in [2.75, 3.05) is 0 Å². The summed E-state index contributed by atoms with van der Waals surface area (Å²) in [5, 5.41) is 9.27. The van der Waals surface area contributed by atoms with Gasteiger partial charge in [0.1, 0.15) is 5.76 Å². The lowest BCUT2D eigenvalue weighted by Crippen LogP contribution is -2.14. The van der Waals surface area contributed by atoms with E-state index in [1.165, 1.54) is 0 Å². The molecule has 5 heteroatoms. The Morgan fingerprint density at radius 1 is 1.54 bits per heavy atom. The Labute approximate surface area is 75.0 Å². The summed E-state index contributed by atoms with van der Waals surface area (Å²) >= 11 is 0. The van der Waals surface area contributed by atoms with Gasteiger partial charge in [-0.3, -0.25) is 4.79 Å². The molecule has 0 heterocycles. The van der Waals surface area contributed by atoms with Gasteiger partial charge in [-0.1, -0.05) is 0 Å².